The van der Waals surface area contributed by atoms with Crippen molar-refractivity contribution >= 4 is 11.6 Å². The van der Waals surface area contributed by atoms with Crippen molar-refractivity contribution in [3.05, 3.63) is 29.8 Å². The van der Waals surface area contributed by atoms with Crippen LogP contribution in [0.2, 0.25) is 0 Å². The number of hydrogen-bond acceptors (Lipinski definition) is 2. The van der Waals surface area contributed by atoms with Gasteiger partial charge in [0.05, 0.1) is 27.2 Å². The Hall–Kier alpha value is -1.55. The summed E-state index contributed by atoms with van der Waals surface area (Å²) in [7, 11) is 8.64. The van der Waals surface area contributed by atoms with E-state index in [-0.39, 0.29) is 5.91 Å². The highest BCUT2D eigenvalue weighted by Crippen LogP contribution is 2.13. The van der Waals surface area contributed by atoms with Crippen LogP contribution < -0.4 is 10.2 Å². The van der Waals surface area contributed by atoms with Crippen molar-refractivity contribution in [2.75, 3.05) is 52.7 Å². The second-order valence-corrected chi connectivity index (χ2v) is 9.62. The predicted octanol–water partition coefficient (Wildman–Crippen LogP) is 5.87. The van der Waals surface area contributed by atoms with Crippen molar-refractivity contribution in [3.8, 4) is 0 Å². The zero-order valence-electron chi connectivity index (χ0n) is 20.5. The number of nitrogens with one attached hydrogen (secondary N) is 1. The lowest BCUT2D eigenvalue weighted by atomic mass is 10.1. The molecule has 0 saturated carbocycles. The van der Waals surface area contributed by atoms with Crippen LogP contribution in [0.25, 0.3) is 0 Å². The van der Waals surface area contributed by atoms with Gasteiger partial charge in [0.25, 0.3) is 5.91 Å². The summed E-state index contributed by atoms with van der Waals surface area (Å²) in [4.78, 5) is 14.3. The number of unbranched alkanes of at least 4 members (excludes halogenated alkanes) is 9. The molecule has 1 aromatic rings. The molecule has 1 aromatic carbocycles. The Labute approximate surface area is 186 Å². The number of rotatable bonds is 17. The molecule has 0 unspecified atom stereocenters. The van der Waals surface area contributed by atoms with Crippen LogP contribution in [0.15, 0.2) is 24.3 Å². The highest BCUT2D eigenvalue weighted by Gasteiger charge is 2.14. The average molecular weight is 419 g/mol. The summed E-state index contributed by atoms with van der Waals surface area (Å²) in [5.41, 5.74) is 1.84. The van der Waals surface area contributed by atoms with Crippen molar-refractivity contribution < 1.29 is 9.28 Å². The largest absolute Gasteiger partial charge is 0.378 e. The van der Waals surface area contributed by atoms with Gasteiger partial charge < -0.3 is 14.7 Å². The van der Waals surface area contributed by atoms with Gasteiger partial charge in [-0.1, -0.05) is 58.3 Å². The highest BCUT2D eigenvalue weighted by molar-refractivity contribution is 5.94. The first-order chi connectivity index (χ1) is 14.4. The van der Waals surface area contributed by atoms with E-state index in [1.165, 1.54) is 70.8 Å². The van der Waals surface area contributed by atoms with E-state index < -0.39 is 0 Å². The summed E-state index contributed by atoms with van der Waals surface area (Å²) in [5, 5.41) is 3.07. The maximum atomic E-state index is 12.3. The molecule has 0 spiro atoms. The molecule has 1 rings (SSSR count). The molecule has 0 radical (unpaired) electrons. The third kappa shape index (κ3) is 12.2. The average Bonchev–Trinajstić information content (AvgIpc) is 2.72. The zero-order valence-corrected chi connectivity index (χ0v) is 20.5. The van der Waals surface area contributed by atoms with Gasteiger partial charge in [-0.3, -0.25) is 4.79 Å². The molecule has 0 saturated heterocycles. The first-order valence-corrected chi connectivity index (χ1v) is 12.2. The SMILES string of the molecule is CCCCCCCCCCCC[N+](C)(C)CCCNC(=O)c1ccc(N(C)C)cc1. The number of hydrogen-bond donors (Lipinski definition) is 1. The van der Waals surface area contributed by atoms with Crippen LogP contribution in [0.4, 0.5) is 5.69 Å². The van der Waals surface area contributed by atoms with Crippen molar-refractivity contribution in [1.29, 1.82) is 0 Å². The van der Waals surface area contributed by atoms with Gasteiger partial charge in [0.2, 0.25) is 0 Å². The van der Waals surface area contributed by atoms with Crippen LogP contribution in [0, 0.1) is 0 Å². The molecule has 1 amide bonds. The molecule has 0 heterocycles. The third-order valence-corrected chi connectivity index (χ3v) is 5.99. The number of carbonyl (C=O) groups is 1. The number of benzene rings is 1. The van der Waals surface area contributed by atoms with Crippen LogP contribution in [0.1, 0.15) is 87.9 Å². The van der Waals surface area contributed by atoms with Gasteiger partial charge in [-0.05, 0) is 37.1 Å². The number of carbonyl (C=O) groups excluding carboxylic acids is 1. The molecule has 4 nitrogen and oxygen atoms in total. The molecular formula is C26H48N3O+. The zero-order chi connectivity index (χ0) is 22.2. The molecule has 0 aromatic heterocycles. The van der Waals surface area contributed by atoms with Gasteiger partial charge in [0.15, 0.2) is 0 Å². The molecule has 0 bridgehead atoms. The second-order valence-electron chi connectivity index (χ2n) is 9.62. The van der Waals surface area contributed by atoms with E-state index in [0.717, 1.165) is 35.2 Å². The molecule has 0 aliphatic carbocycles. The van der Waals surface area contributed by atoms with Gasteiger partial charge in [0.1, 0.15) is 0 Å². The minimum atomic E-state index is 0.0281. The van der Waals surface area contributed by atoms with E-state index >= 15 is 0 Å². The fourth-order valence-electron chi connectivity index (χ4n) is 3.86. The third-order valence-electron chi connectivity index (χ3n) is 5.99. The lowest BCUT2D eigenvalue weighted by Gasteiger charge is -2.30. The maximum Gasteiger partial charge on any atom is 0.251 e. The quantitative estimate of drug-likeness (QED) is 0.253. The van der Waals surface area contributed by atoms with Gasteiger partial charge in [-0.2, -0.15) is 0 Å². The summed E-state index contributed by atoms with van der Waals surface area (Å²) in [6.07, 6.45) is 14.9. The molecule has 4 heteroatoms. The van der Waals surface area contributed by atoms with E-state index in [1.807, 2.05) is 43.3 Å². The van der Waals surface area contributed by atoms with E-state index in [4.69, 9.17) is 0 Å². The van der Waals surface area contributed by atoms with Crippen LogP contribution >= 0.6 is 0 Å². The second kappa shape index (κ2) is 15.3. The smallest absolute Gasteiger partial charge is 0.251 e. The van der Waals surface area contributed by atoms with E-state index in [1.54, 1.807) is 0 Å². The molecule has 172 valence electrons. The maximum absolute atomic E-state index is 12.3. The first-order valence-electron chi connectivity index (χ1n) is 12.2. The Bertz CT molecular complexity index is 566. The predicted molar refractivity (Wildman–Crippen MR) is 131 cm³/mol. The number of quaternary nitrogens is 1. The summed E-state index contributed by atoms with van der Waals surface area (Å²) in [6, 6.07) is 7.77. The highest BCUT2D eigenvalue weighted by atomic mass is 16.1. The summed E-state index contributed by atoms with van der Waals surface area (Å²) >= 11 is 0. The molecule has 1 N–H and O–H groups in total. The van der Waals surface area contributed by atoms with Gasteiger partial charge >= 0.3 is 0 Å². The van der Waals surface area contributed by atoms with Gasteiger partial charge in [-0.25, -0.2) is 0 Å². The summed E-state index contributed by atoms with van der Waals surface area (Å²) in [5.74, 6) is 0.0281. The Morgan fingerprint density at radius 3 is 1.83 bits per heavy atom. The fraction of sp³-hybridized carbons (Fsp3) is 0.731. The van der Waals surface area contributed by atoms with Gasteiger partial charge in [0, 0.05) is 38.3 Å². The van der Waals surface area contributed by atoms with Crippen molar-refractivity contribution in [1.82, 2.24) is 5.32 Å². The van der Waals surface area contributed by atoms with Crippen LogP contribution in [-0.4, -0.2) is 58.2 Å². The monoisotopic (exact) mass is 418 g/mol. The standard InChI is InChI=1S/C26H47N3O/c1-6-7-8-9-10-11-12-13-14-15-22-29(4,5)23-16-21-27-26(30)24-17-19-25(20-18-24)28(2)3/h17-20H,6-16,21-23H2,1-5H3/p+1. The van der Waals surface area contributed by atoms with E-state index in [0.29, 0.717) is 0 Å². The molecular weight excluding hydrogens is 370 g/mol. The Morgan fingerprint density at radius 1 is 0.800 bits per heavy atom. The minimum absolute atomic E-state index is 0.0281. The lowest BCUT2D eigenvalue weighted by molar-refractivity contribution is -0.890. The molecule has 0 aliphatic rings. The van der Waals surface area contributed by atoms with Gasteiger partial charge in [-0.15, -0.1) is 0 Å². The van der Waals surface area contributed by atoms with Crippen molar-refractivity contribution in [2.24, 2.45) is 0 Å². The summed E-state index contributed by atoms with van der Waals surface area (Å²) < 4.78 is 1.05. The van der Waals surface area contributed by atoms with Crippen LogP contribution in [0.3, 0.4) is 0 Å². The first kappa shape index (κ1) is 26.5. The normalized spacial score (nSPS) is 11.5. The van der Waals surface area contributed by atoms with Crippen molar-refractivity contribution in [2.45, 2.75) is 77.6 Å². The number of anilines is 1. The topological polar surface area (TPSA) is 32.3 Å². The minimum Gasteiger partial charge on any atom is -0.378 e. The Kier molecular flexibility index (Phi) is 13.5. The summed E-state index contributed by atoms with van der Waals surface area (Å²) in [6.45, 7) is 5.36. The molecule has 0 fully saturated rings. The Morgan fingerprint density at radius 2 is 1.30 bits per heavy atom. The van der Waals surface area contributed by atoms with E-state index in [9.17, 15) is 4.79 Å². The molecule has 0 aliphatic heterocycles. The van der Waals surface area contributed by atoms with Crippen LogP contribution in [0.5, 0.6) is 0 Å². The number of amides is 1. The van der Waals surface area contributed by atoms with Crippen LogP contribution in [-0.2, 0) is 0 Å². The fourth-order valence-corrected chi connectivity index (χ4v) is 3.86. The molecule has 0 atom stereocenters. The molecule has 30 heavy (non-hydrogen) atoms. The number of nitrogens with zero attached hydrogens (tertiary/aromatic N) is 2. The lowest BCUT2D eigenvalue weighted by Crippen LogP contribution is -2.42. The Balaban J connectivity index is 2.07. The van der Waals surface area contributed by atoms with Crippen molar-refractivity contribution in [3.63, 3.8) is 0 Å². The van der Waals surface area contributed by atoms with E-state index in [2.05, 4.69) is 26.3 Å².